The molecule has 1 aromatic carbocycles. The van der Waals surface area contributed by atoms with E-state index in [2.05, 4.69) is 15.9 Å². The molecule has 1 unspecified atom stereocenters. The Morgan fingerprint density at radius 3 is 2.67 bits per heavy atom. The molecule has 0 amide bonds. The summed E-state index contributed by atoms with van der Waals surface area (Å²) in [7, 11) is 0. The molecule has 0 spiro atoms. The third-order valence-electron chi connectivity index (χ3n) is 2.55. The second kappa shape index (κ2) is 4.77. The molecule has 1 rings (SSSR count). The van der Waals surface area contributed by atoms with Crippen molar-refractivity contribution >= 4 is 21.9 Å². The molecule has 0 aliphatic carbocycles. The standard InChI is InChI=1S/C11H14BrNO2/c1-6-3-4-9(12)8(7(6)2)5-10(13)11(14)15/h3-4,10H,5,13H2,1-2H3,(H,14,15). The Balaban J connectivity index is 3.03. The molecule has 1 atom stereocenters. The third-order valence-corrected chi connectivity index (χ3v) is 3.30. The molecule has 0 aliphatic rings. The van der Waals surface area contributed by atoms with Crippen LogP contribution in [0.3, 0.4) is 0 Å². The summed E-state index contributed by atoms with van der Waals surface area (Å²) in [5.74, 6) is -0.970. The van der Waals surface area contributed by atoms with Crippen LogP contribution < -0.4 is 5.73 Å². The van der Waals surface area contributed by atoms with Gasteiger partial charge in [-0.05, 0) is 43.0 Å². The van der Waals surface area contributed by atoms with Crippen LogP contribution in [0.25, 0.3) is 0 Å². The van der Waals surface area contributed by atoms with E-state index in [-0.39, 0.29) is 0 Å². The van der Waals surface area contributed by atoms with Gasteiger partial charge in [-0.2, -0.15) is 0 Å². The maximum Gasteiger partial charge on any atom is 0.320 e. The first-order valence-corrected chi connectivity index (χ1v) is 5.45. The lowest BCUT2D eigenvalue weighted by atomic mass is 9.98. The molecule has 0 aromatic heterocycles. The van der Waals surface area contributed by atoms with Gasteiger partial charge >= 0.3 is 5.97 Å². The van der Waals surface area contributed by atoms with Crippen LogP contribution in [0.15, 0.2) is 16.6 Å². The molecule has 0 radical (unpaired) electrons. The van der Waals surface area contributed by atoms with Crippen molar-refractivity contribution < 1.29 is 9.90 Å². The maximum atomic E-state index is 10.7. The highest BCUT2D eigenvalue weighted by molar-refractivity contribution is 9.10. The van der Waals surface area contributed by atoms with E-state index in [4.69, 9.17) is 10.8 Å². The highest BCUT2D eigenvalue weighted by atomic mass is 79.9. The summed E-state index contributed by atoms with van der Waals surface area (Å²) in [6.07, 6.45) is 0.351. The summed E-state index contributed by atoms with van der Waals surface area (Å²) < 4.78 is 0.919. The number of rotatable bonds is 3. The van der Waals surface area contributed by atoms with Gasteiger partial charge in [0.2, 0.25) is 0 Å². The maximum absolute atomic E-state index is 10.7. The monoisotopic (exact) mass is 271 g/mol. The number of aryl methyl sites for hydroxylation is 1. The number of nitrogens with two attached hydrogens (primary N) is 1. The van der Waals surface area contributed by atoms with Gasteiger partial charge < -0.3 is 10.8 Å². The topological polar surface area (TPSA) is 63.3 Å². The molecule has 4 heteroatoms. The van der Waals surface area contributed by atoms with Crippen molar-refractivity contribution in [1.29, 1.82) is 0 Å². The largest absolute Gasteiger partial charge is 0.480 e. The Bertz CT molecular complexity index is 390. The van der Waals surface area contributed by atoms with E-state index in [9.17, 15) is 4.79 Å². The van der Waals surface area contributed by atoms with E-state index >= 15 is 0 Å². The van der Waals surface area contributed by atoms with E-state index in [1.54, 1.807) is 0 Å². The van der Waals surface area contributed by atoms with Crippen molar-refractivity contribution in [1.82, 2.24) is 0 Å². The average molecular weight is 272 g/mol. The molecule has 15 heavy (non-hydrogen) atoms. The fourth-order valence-electron chi connectivity index (χ4n) is 1.40. The second-order valence-corrected chi connectivity index (χ2v) is 4.47. The van der Waals surface area contributed by atoms with Crippen LogP contribution in [0.4, 0.5) is 0 Å². The molecule has 3 nitrogen and oxygen atoms in total. The minimum absolute atomic E-state index is 0.351. The number of carboxylic acids is 1. The van der Waals surface area contributed by atoms with Gasteiger partial charge in [0.25, 0.3) is 0 Å². The Kier molecular flexibility index (Phi) is 3.88. The Hall–Kier alpha value is -0.870. The van der Waals surface area contributed by atoms with E-state index in [0.717, 1.165) is 21.2 Å². The summed E-state index contributed by atoms with van der Waals surface area (Å²) in [5, 5.41) is 8.75. The van der Waals surface area contributed by atoms with Crippen molar-refractivity contribution in [2.45, 2.75) is 26.3 Å². The molecule has 0 heterocycles. The van der Waals surface area contributed by atoms with Gasteiger partial charge in [-0.25, -0.2) is 0 Å². The molecule has 0 aliphatic heterocycles. The fraction of sp³-hybridized carbons (Fsp3) is 0.364. The van der Waals surface area contributed by atoms with Gasteiger partial charge in [-0.15, -0.1) is 0 Å². The van der Waals surface area contributed by atoms with Crippen LogP contribution in [0.2, 0.25) is 0 Å². The quantitative estimate of drug-likeness (QED) is 0.884. The number of hydrogen-bond donors (Lipinski definition) is 2. The lowest BCUT2D eigenvalue weighted by molar-refractivity contribution is -0.138. The predicted octanol–water partition coefficient (Wildman–Crippen LogP) is 2.02. The normalized spacial score (nSPS) is 12.5. The molecule has 0 fully saturated rings. The van der Waals surface area contributed by atoms with E-state index < -0.39 is 12.0 Å². The lowest BCUT2D eigenvalue weighted by Gasteiger charge is -2.13. The smallest absolute Gasteiger partial charge is 0.320 e. The first-order chi connectivity index (χ1) is 6.93. The van der Waals surface area contributed by atoms with E-state index in [1.165, 1.54) is 0 Å². The van der Waals surface area contributed by atoms with Crippen LogP contribution in [0.1, 0.15) is 16.7 Å². The Morgan fingerprint density at radius 1 is 1.53 bits per heavy atom. The highest BCUT2D eigenvalue weighted by Gasteiger charge is 2.16. The van der Waals surface area contributed by atoms with Gasteiger partial charge in [-0.1, -0.05) is 22.0 Å². The van der Waals surface area contributed by atoms with Gasteiger partial charge in [0.15, 0.2) is 0 Å². The minimum Gasteiger partial charge on any atom is -0.480 e. The average Bonchev–Trinajstić information content (AvgIpc) is 2.18. The van der Waals surface area contributed by atoms with Crippen LogP contribution in [0, 0.1) is 13.8 Å². The molecule has 82 valence electrons. The number of carbonyl (C=O) groups is 1. The Morgan fingerprint density at radius 2 is 2.13 bits per heavy atom. The number of halogens is 1. The zero-order valence-electron chi connectivity index (χ0n) is 8.75. The SMILES string of the molecule is Cc1ccc(Br)c(CC(N)C(=O)O)c1C. The lowest BCUT2D eigenvalue weighted by Crippen LogP contribution is -2.32. The molecule has 0 saturated carbocycles. The summed E-state index contributed by atoms with van der Waals surface area (Å²) >= 11 is 3.41. The first-order valence-electron chi connectivity index (χ1n) is 4.66. The predicted molar refractivity (Wildman–Crippen MR) is 62.9 cm³/mol. The molecule has 1 aromatic rings. The molecule has 3 N–H and O–H groups in total. The van der Waals surface area contributed by atoms with Crippen LogP contribution in [-0.2, 0) is 11.2 Å². The number of hydrogen-bond acceptors (Lipinski definition) is 2. The Labute approximate surface area is 97.4 Å². The number of carboxylic acid groups (broad SMARTS) is 1. The van der Waals surface area contributed by atoms with Gasteiger partial charge in [0.1, 0.15) is 6.04 Å². The molecule has 0 bridgehead atoms. The van der Waals surface area contributed by atoms with Gasteiger partial charge in [0, 0.05) is 4.47 Å². The third kappa shape index (κ3) is 2.79. The van der Waals surface area contributed by atoms with Crippen molar-refractivity contribution in [3.05, 3.63) is 33.3 Å². The molecule has 0 saturated heterocycles. The van der Waals surface area contributed by atoms with E-state index in [0.29, 0.717) is 6.42 Å². The zero-order chi connectivity index (χ0) is 11.6. The molecular formula is C11H14BrNO2. The number of aliphatic carboxylic acids is 1. The fourth-order valence-corrected chi connectivity index (χ4v) is 1.99. The summed E-state index contributed by atoms with van der Waals surface area (Å²) in [6.45, 7) is 3.97. The van der Waals surface area contributed by atoms with Crippen molar-refractivity contribution in [2.24, 2.45) is 5.73 Å². The summed E-state index contributed by atoms with van der Waals surface area (Å²) in [5.41, 5.74) is 8.74. The summed E-state index contributed by atoms with van der Waals surface area (Å²) in [4.78, 5) is 10.7. The van der Waals surface area contributed by atoms with Gasteiger partial charge in [0.05, 0.1) is 0 Å². The van der Waals surface area contributed by atoms with Crippen LogP contribution in [0.5, 0.6) is 0 Å². The second-order valence-electron chi connectivity index (χ2n) is 3.62. The first kappa shape index (κ1) is 12.2. The minimum atomic E-state index is -0.970. The van der Waals surface area contributed by atoms with Crippen molar-refractivity contribution in [3.63, 3.8) is 0 Å². The summed E-state index contributed by atoms with van der Waals surface area (Å²) in [6, 6.07) is 3.07. The van der Waals surface area contributed by atoms with Crippen LogP contribution in [-0.4, -0.2) is 17.1 Å². The highest BCUT2D eigenvalue weighted by Crippen LogP contribution is 2.24. The van der Waals surface area contributed by atoms with Crippen molar-refractivity contribution in [2.75, 3.05) is 0 Å². The molecular weight excluding hydrogens is 258 g/mol. The van der Waals surface area contributed by atoms with Crippen LogP contribution >= 0.6 is 15.9 Å². The zero-order valence-corrected chi connectivity index (χ0v) is 10.3. The van der Waals surface area contributed by atoms with Crippen molar-refractivity contribution in [3.8, 4) is 0 Å². The number of benzene rings is 1. The van der Waals surface area contributed by atoms with Gasteiger partial charge in [-0.3, -0.25) is 4.79 Å². The van der Waals surface area contributed by atoms with E-state index in [1.807, 2.05) is 26.0 Å².